The van der Waals surface area contributed by atoms with Gasteiger partial charge in [-0.05, 0) is 76.6 Å². The first kappa shape index (κ1) is 22.9. The van der Waals surface area contributed by atoms with Crippen LogP contribution in [0.5, 0.6) is 5.75 Å². The molecule has 0 unspecified atom stereocenters. The summed E-state index contributed by atoms with van der Waals surface area (Å²) in [5.41, 5.74) is 9.44. The highest BCUT2D eigenvalue weighted by molar-refractivity contribution is 6.22. The molecular weight excluding hydrogens is 418 g/mol. The van der Waals surface area contributed by atoms with Crippen LogP contribution in [0, 0.1) is 11.3 Å². The zero-order chi connectivity index (χ0) is 24.0. The number of rotatable bonds is 5. The number of nitrogens with zero attached hydrogens (tertiary/aromatic N) is 2. The van der Waals surface area contributed by atoms with E-state index in [9.17, 15) is 0 Å². The van der Waals surface area contributed by atoms with Crippen LogP contribution in [-0.2, 0) is 13.0 Å². The van der Waals surface area contributed by atoms with E-state index in [4.69, 9.17) is 15.1 Å². The first-order valence-corrected chi connectivity index (χ1v) is 12.8. The predicted molar refractivity (Wildman–Crippen MR) is 142 cm³/mol. The molecule has 4 heteroatoms. The van der Waals surface area contributed by atoms with E-state index >= 15 is 0 Å². The lowest BCUT2D eigenvalue weighted by molar-refractivity contribution is 0.138. The number of hydrogen-bond donors (Lipinski definition) is 1. The molecule has 3 aromatic rings. The highest BCUT2D eigenvalue weighted by Crippen LogP contribution is 2.40. The number of aromatic nitrogens is 2. The van der Waals surface area contributed by atoms with Gasteiger partial charge in [-0.25, -0.2) is 0 Å². The SMILES string of the molecule is CC(=N)C(=C(C)C)c1cnc2c(-c3ccc4c(c3)OC(C)(C)C4)cn(CC3CCCCC3)c2c1. The fraction of sp³-hybridized carbons (Fsp3) is 0.467. The summed E-state index contributed by atoms with van der Waals surface area (Å²) in [6.07, 6.45) is 11.9. The van der Waals surface area contributed by atoms with Crippen molar-refractivity contribution in [3.63, 3.8) is 0 Å². The van der Waals surface area contributed by atoms with Gasteiger partial charge in [0.2, 0.25) is 0 Å². The van der Waals surface area contributed by atoms with Gasteiger partial charge in [-0.2, -0.15) is 0 Å². The average molecular weight is 456 g/mol. The van der Waals surface area contributed by atoms with Crippen molar-refractivity contribution < 1.29 is 4.74 Å². The monoisotopic (exact) mass is 455 g/mol. The van der Waals surface area contributed by atoms with E-state index in [-0.39, 0.29) is 5.60 Å². The molecule has 178 valence electrons. The summed E-state index contributed by atoms with van der Waals surface area (Å²) >= 11 is 0. The molecule has 4 nitrogen and oxygen atoms in total. The second-order valence-corrected chi connectivity index (χ2v) is 11.2. The summed E-state index contributed by atoms with van der Waals surface area (Å²) < 4.78 is 8.67. The first-order chi connectivity index (χ1) is 16.2. The molecule has 1 N–H and O–H groups in total. The molecule has 1 aromatic carbocycles. The zero-order valence-electron chi connectivity index (χ0n) is 21.3. The number of benzene rings is 1. The molecule has 1 saturated carbocycles. The van der Waals surface area contributed by atoms with E-state index in [2.05, 4.69) is 62.7 Å². The number of pyridine rings is 1. The fourth-order valence-corrected chi connectivity index (χ4v) is 5.95. The molecule has 0 radical (unpaired) electrons. The summed E-state index contributed by atoms with van der Waals surface area (Å²) in [4.78, 5) is 4.99. The Balaban J connectivity index is 1.63. The minimum atomic E-state index is -0.144. The van der Waals surface area contributed by atoms with Gasteiger partial charge in [0.15, 0.2) is 0 Å². The molecule has 1 aliphatic carbocycles. The quantitative estimate of drug-likeness (QED) is 0.399. The summed E-state index contributed by atoms with van der Waals surface area (Å²) in [5.74, 6) is 1.72. The van der Waals surface area contributed by atoms with Crippen molar-refractivity contribution in [3.05, 3.63) is 53.4 Å². The molecule has 0 spiro atoms. The van der Waals surface area contributed by atoms with Crippen LogP contribution in [0.3, 0.4) is 0 Å². The average Bonchev–Trinajstić information content (AvgIpc) is 3.29. The van der Waals surface area contributed by atoms with Crippen molar-refractivity contribution in [2.75, 3.05) is 0 Å². The van der Waals surface area contributed by atoms with Crippen molar-refractivity contribution in [2.24, 2.45) is 5.92 Å². The molecule has 0 amide bonds. The standard InChI is InChI=1S/C30H37N3O/c1-19(2)28(20(3)31)24-13-26-29(32-16-24)25(18-33(26)17-21-9-7-6-8-10-21)22-11-12-23-15-30(4,5)34-27(23)14-22/h11-14,16,18,21,31H,6-10,15,17H2,1-5H3. The van der Waals surface area contributed by atoms with Gasteiger partial charge in [-0.3, -0.25) is 4.98 Å². The predicted octanol–water partition coefficient (Wildman–Crippen LogP) is 7.83. The number of nitrogens with one attached hydrogen (secondary N) is 1. The molecule has 5 rings (SSSR count). The zero-order valence-corrected chi connectivity index (χ0v) is 21.3. The van der Waals surface area contributed by atoms with Crippen LogP contribution in [-0.4, -0.2) is 20.9 Å². The highest BCUT2D eigenvalue weighted by atomic mass is 16.5. The van der Waals surface area contributed by atoms with E-state index in [0.717, 1.165) is 52.4 Å². The van der Waals surface area contributed by atoms with Gasteiger partial charge < -0.3 is 14.7 Å². The molecule has 1 aliphatic heterocycles. The van der Waals surface area contributed by atoms with E-state index < -0.39 is 0 Å². The molecular formula is C30H37N3O. The van der Waals surface area contributed by atoms with Crippen LogP contribution in [0.1, 0.15) is 77.8 Å². The summed E-state index contributed by atoms with van der Waals surface area (Å²) in [6, 6.07) is 8.89. The molecule has 34 heavy (non-hydrogen) atoms. The summed E-state index contributed by atoms with van der Waals surface area (Å²) in [7, 11) is 0. The second kappa shape index (κ2) is 8.72. The Morgan fingerprint density at radius 2 is 1.88 bits per heavy atom. The molecule has 0 atom stereocenters. The minimum Gasteiger partial charge on any atom is -0.487 e. The van der Waals surface area contributed by atoms with Gasteiger partial charge in [0.25, 0.3) is 0 Å². The molecule has 0 bridgehead atoms. The smallest absolute Gasteiger partial charge is 0.124 e. The van der Waals surface area contributed by atoms with Crippen LogP contribution in [0.2, 0.25) is 0 Å². The number of fused-ring (bicyclic) bond motifs is 2. The van der Waals surface area contributed by atoms with Crippen molar-refractivity contribution in [3.8, 4) is 16.9 Å². The van der Waals surface area contributed by atoms with Gasteiger partial charge in [0, 0.05) is 47.8 Å². The minimum absolute atomic E-state index is 0.144. The van der Waals surface area contributed by atoms with Crippen molar-refractivity contribution in [2.45, 2.75) is 85.3 Å². The maximum Gasteiger partial charge on any atom is 0.124 e. The number of ether oxygens (including phenoxy) is 1. The third-order valence-electron chi connectivity index (χ3n) is 7.44. The van der Waals surface area contributed by atoms with Crippen molar-refractivity contribution in [1.82, 2.24) is 9.55 Å². The van der Waals surface area contributed by atoms with Gasteiger partial charge in [0.05, 0.1) is 11.0 Å². The highest BCUT2D eigenvalue weighted by Gasteiger charge is 2.30. The molecule has 1 fully saturated rings. The lowest BCUT2D eigenvalue weighted by Crippen LogP contribution is -2.24. The van der Waals surface area contributed by atoms with Crippen molar-refractivity contribution in [1.29, 1.82) is 5.41 Å². The van der Waals surface area contributed by atoms with E-state index in [1.807, 2.05) is 13.1 Å². The summed E-state index contributed by atoms with van der Waals surface area (Å²) in [6.45, 7) is 11.4. The van der Waals surface area contributed by atoms with Gasteiger partial charge in [-0.1, -0.05) is 37.0 Å². The lowest BCUT2D eigenvalue weighted by Gasteiger charge is -2.22. The maximum atomic E-state index is 8.32. The number of hydrogen-bond acceptors (Lipinski definition) is 3. The summed E-state index contributed by atoms with van der Waals surface area (Å²) in [5, 5.41) is 8.32. The van der Waals surface area contributed by atoms with Crippen LogP contribution < -0.4 is 4.74 Å². The van der Waals surface area contributed by atoms with Crippen LogP contribution in [0.15, 0.2) is 42.2 Å². The number of allylic oxidation sites excluding steroid dienone is 2. The Hall–Kier alpha value is -2.88. The van der Waals surface area contributed by atoms with Gasteiger partial charge in [0.1, 0.15) is 11.4 Å². The molecule has 2 aliphatic rings. The van der Waals surface area contributed by atoms with Gasteiger partial charge >= 0.3 is 0 Å². The largest absolute Gasteiger partial charge is 0.487 e. The van der Waals surface area contributed by atoms with Crippen molar-refractivity contribution >= 4 is 22.3 Å². The van der Waals surface area contributed by atoms with E-state index in [1.165, 1.54) is 48.7 Å². The Bertz CT molecular complexity index is 1280. The molecule has 0 saturated heterocycles. The van der Waals surface area contributed by atoms with Gasteiger partial charge in [-0.15, -0.1) is 0 Å². The topological polar surface area (TPSA) is 50.9 Å². The van der Waals surface area contributed by atoms with E-state index in [1.54, 1.807) is 0 Å². The third-order valence-corrected chi connectivity index (χ3v) is 7.44. The Kier molecular flexibility index (Phi) is 5.87. The Labute approximate surface area is 203 Å². The first-order valence-electron chi connectivity index (χ1n) is 12.8. The lowest BCUT2D eigenvalue weighted by atomic mass is 9.89. The van der Waals surface area contributed by atoms with E-state index in [0.29, 0.717) is 5.71 Å². The second-order valence-electron chi connectivity index (χ2n) is 11.2. The third kappa shape index (κ3) is 4.31. The van der Waals surface area contributed by atoms with Crippen LogP contribution >= 0.6 is 0 Å². The van der Waals surface area contributed by atoms with Crippen LogP contribution in [0.4, 0.5) is 0 Å². The Morgan fingerprint density at radius 1 is 1.12 bits per heavy atom. The normalized spacial score (nSPS) is 17.4. The maximum absolute atomic E-state index is 8.32. The fourth-order valence-electron chi connectivity index (χ4n) is 5.95. The molecule has 3 heterocycles. The van der Waals surface area contributed by atoms with Crippen LogP contribution in [0.25, 0.3) is 27.7 Å². The Morgan fingerprint density at radius 3 is 2.59 bits per heavy atom. The molecule has 2 aromatic heterocycles.